The fourth-order valence-corrected chi connectivity index (χ4v) is 3.06. The van der Waals surface area contributed by atoms with Crippen LogP contribution in [0, 0.1) is 5.82 Å². The summed E-state index contributed by atoms with van der Waals surface area (Å²) < 4.78 is 68.0. The number of carbonyl (C=O) groups excluding carboxylic acids is 2. The average Bonchev–Trinajstić information content (AvgIpc) is 2.78. The highest BCUT2D eigenvalue weighted by Gasteiger charge is 2.35. The van der Waals surface area contributed by atoms with Crippen LogP contribution < -0.4 is 15.7 Å². The molecule has 3 aromatic rings. The van der Waals surface area contributed by atoms with Gasteiger partial charge in [-0.2, -0.15) is 17.9 Å². The van der Waals surface area contributed by atoms with Crippen molar-refractivity contribution < 1.29 is 41.1 Å². The molecule has 184 valence electrons. The number of alkyl halides is 3. The molecule has 0 aliphatic carbocycles. The highest BCUT2D eigenvalue weighted by atomic mass is 35.5. The molecule has 1 aromatic heterocycles. The molecule has 1 heterocycles. The highest BCUT2D eigenvalue weighted by Crippen LogP contribution is 2.40. The standard InChI is InChI=1S/C21H14ClF4N3O6/c1-2-11-5-12(23)3-4-17(11)33-18-8-15(21(24,25)26)16(22)7-14(18)20(32)28-13-6-19(31)34-35-29(10-30)27-9-13/h3-10H,2H2,1H3,(H,28,32). The van der Waals surface area contributed by atoms with Crippen LogP contribution in [0.5, 0.6) is 11.5 Å². The molecule has 0 aliphatic heterocycles. The number of hydrogen-bond acceptors (Lipinski definition) is 7. The molecule has 0 aliphatic rings. The number of aryl methyl sites for hydroxylation is 1. The van der Waals surface area contributed by atoms with Gasteiger partial charge in [-0.25, -0.2) is 13.8 Å². The topological polar surface area (TPSA) is 117 Å². The number of nitrogens with one attached hydrogen (secondary N) is 1. The van der Waals surface area contributed by atoms with Crippen molar-refractivity contribution in [3.8, 4) is 11.5 Å². The van der Waals surface area contributed by atoms with E-state index in [1.807, 2.05) is 0 Å². The van der Waals surface area contributed by atoms with Crippen molar-refractivity contribution in [2.45, 2.75) is 19.5 Å². The molecule has 0 bridgehead atoms. The fraction of sp³-hybridized carbons (Fsp3) is 0.143. The Labute approximate surface area is 198 Å². The Hall–Kier alpha value is -4.13. The van der Waals surface area contributed by atoms with Crippen LogP contribution in [-0.2, 0) is 17.4 Å². The second kappa shape index (κ2) is 10.4. The molecule has 0 atom stereocenters. The Bertz CT molecular complexity index is 1380. The molecule has 1 amide bonds. The zero-order valence-corrected chi connectivity index (χ0v) is 18.3. The van der Waals surface area contributed by atoms with Gasteiger partial charge in [0.25, 0.3) is 12.3 Å². The molecule has 0 spiro atoms. The molecule has 35 heavy (non-hydrogen) atoms. The fourth-order valence-electron chi connectivity index (χ4n) is 2.79. The van der Waals surface area contributed by atoms with E-state index in [0.717, 1.165) is 30.5 Å². The van der Waals surface area contributed by atoms with Gasteiger partial charge in [-0.1, -0.05) is 18.5 Å². The maximum Gasteiger partial charge on any atom is 0.417 e. The van der Waals surface area contributed by atoms with Gasteiger partial charge in [0.05, 0.1) is 34.1 Å². The van der Waals surface area contributed by atoms with Crippen LogP contribution >= 0.6 is 11.6 Å². The third-order valence-corrected chi connectivity index (χ3v) is 4.68. The van der Waals surface area contributed by atoms with Crippen LogP contribution in [0.4, 0.5) is 23.2 Å². The van der Waals surface area contributed by atoms with Crippen LogP contribution in [0.15, 0.2) is 56.6 Å². The average molecular weight is 516 g/mol. The Morgan fingerprint density at radius 3 is 2.63 bits per heavy atom. The first-order valence-corrected chi connectivity index (χ1v) is 9.96. The first kappa shape index (κ1) is 25.5. The molecule has 2 aromatic carbocycles. The first-order valence-electron chi connectivity index (χ1n) is 9.59. The van der Waals surface area contributed by atoms with Crippen molar-refractivity contribution in [1.82, 2.24) is 9.95 Å². The van der Waals surface area contributed by atoms with E-state index < -0.39 is 45.4 Å². The summed E-state index contributed by atoms with van der Waals surface area (Å²) in [6, 6.07) is 5.35. The van der Waals surface area contributed by atoms with Crippen molar-refractivity contribution in [2.24, 2.45) is 0 Å². The minimum absolute atomic E-state index is 0.00693. The number of anilines is 1. The van der Waals surface area contributed by atoms with E-state index in [4.69, 9.17) is 16.3 Å². The number of aromatic nitrogens is 2. The number of benzene rings is 2. The molecule has 0 fully saturated rings. The monoisotopic (exact) mass is 515 g/mol. The number of carbonyl (C=O) groups is 2. The molecule has 0 unspecified atom stereocenters. The number of amides is 1. The third kappa shape index (κ3) is 6.26. The summed E-state index contributed by atoms with van der Waals surface area (Å²) in [5, 5.41) is 4.89. The van der Waals surface area contributed by atoms with Crippen LogP contribution in [-0.4, -0.2) is 22.3 Å². The summed E-state index contributed by atoms with van der Waals surface area (Å²) in [6.45, 7) is 1.67. The second-order valence-corrected chi connectivity index (χ2v) is 7.12. The lowest BCUT2D eigenvalue weighted by molar-refractivity contribution is -0.137. The van der Waals surface area contributed by atoms with Crippen LogP contribution in [0.2, 0.25) is 5.02 Å². The molecule has 14 heteroatoms. The number of hydrogen-bond donors (Lipinski definition) is 1. The zero-order chi connectivity index (χ0) is 25.8. The Morgan fingerprint density at radius 2 is 1.97 bits per heavy atom. The van der Waals surface area contributed by atoms with Crippen molar-refractivity contribution in [3.63, 3.8) is 0 Å². The molecular formula is C21H14ClF4N3O6. The van der Waals surface area contributed by atoms with E-state index in [1.54, 1.807) is 6.92 Å². The molecule has 0 saturated heterocycles. The van der Waals surface area contributed by atoms with Crippen molar-refractivity contribution in [1.29, 1.82) is 0 Å². The summed E-state index contributed by atoms with van der Waals surface area (Å²) >= 11 is 5.78. The van der Waals surface area contributed by atoms with Crippen LogP contribution in [0.3, 0.4) is 0 Å². The van der Waals surface area contributed by atoms with E-state index in [-0.39, 0.29) is 29.1 Å². The minimum Gasteiger partial charge on any atom is -0.456 e. The number of ether oxygens (including phenoxy) is 1. The third-order valence-electron chi connectivity index (χ3n) is 4.37. The lowest BCUT2D eigenvalue weighted by atomic mass is 10.1. The quantitative estimate of drug-likeness (QED) is 0.278. The van der Waals surface area contributed by atoms with Crippen molar-refractivity contribution in [3.05, 3.63) is 80.5 Å². The van der Waals surface area contributed by atoms with Gasteiger partial charge in [0.15, 0.2) is 0 Å². The van der Waals surface area contributed by atoms with Crippen molar-refractivity contribution >= 4 is 29.6 Å². The summed E-state index contributed by atoms with van der Waals surface area (Å²) in [5.41, 5.74) is -2.86. The van der Waals surface area contributed by atoms with E-state index in [9.17, 15) is 31.9 Å². The van der Waals surface area contributed by atoms with E-state index in [2.05, 4.69) is 19.7 Å². The highest BCUT2D eigenvalue weighted by molar-refractivity contribution is 6.32. The predicted molar refractivity (Wildman–Crippen MR) is 113 cm³/mol. The van der Waals surface area contributed by atoms with Gasteiger partial charge in [-0.15, -0.1) is 5.10 Å². The number of nitrogens with zero attached hydrogens (tertiary/aromatic N) is 2. The largest absolute Gasteiger partial charge is 0.456 e. The minimum atomic E-state index is -4.88. The molecular weight excluding hydrogens is 502 g/mol. The summed E-state index contributed by atoms with van der Waals surface area (Å²) in [4.78, 5) is 35.6. The van der Waals surface area contributed by atoms with Gasteiger partial charge in [-0.3, -0.25) is 9.59 Å². The van der Waals surface area contributed by atoms with E-state index >= 15 is 0 Å². The molecule has 0 radical (unpaired) electrons. The smallest absolute Gasteiger partial charge is 0.417 e. The van der Waals surface area contributed by atoms with Gasteiger partial charge >= 0.3 is 11.8 Å². The Kier molecular flexibility index (Phi) is 7.59. The molecule has 0 saturated carbocycles. The molecule has 3 rings (SSSR count). The number of halogens is 5. The lowest BCUT2D eigenvalue weighted by Gasteiger charge is -2.17. The normalized spacial score (nSPS) is 11.0. The number of rotatable bonds is 6. The van der Waals surface area contributed by atoms with E-state index in [1.165, 1.54) is 6.07 Å². The zero-order valence-electron chi connectivity index (χ0n) is 17.6. The maximum absolute atomic E-state index is 13.6. The maximum atomic E-state index is 13.6. The Morgan fingerprint density at radius 1 is 1.23 bits per heavy atom. The summed E-state index contributed by atoms with van der Waals surface area (Å²) in [5.74, 6) is -2.19. The van der Waals surface area contributed by atoms with Gasteiger partial charge in [-0.05, 0) is 47.2 Å². The Balaban J connectivity index is 2.10. The van der Waals surface area contributed by atoms with Gasteiger partial charge in [0, 0.05) is 0 Å². The molecule has 9 nitrogen and oxygen atoms in total. The lowest BCUT2D eigenvalue weighted by Crippen LogP contribution is -2.16. The van der Waals surface area contributed by atoms with Gasteiger partial charge in [0.2, 0.25) is 0 Å². The van der Waals surface area contributed by atoms with Crippen molar-refractivity contribution in [2.75, 3.05) is 5.32 Å². The molecule has 1 N–H and O–H groups in total. The van der Waals surface area contributed by atoms with Gasteiger partial charge in [0.1, 0.15) is 17.3 Å². The van der Waals surface area contributed by atoms with Gasteiger partial charge < -0.3 is 10.1 Å². The summed E-state index contributed by atoms with van der Waals surface area (Å²) in [6.07, 6.45) is -3.72. The summed E-state index contributed by atoms with van der Waals surface area (Å²) in [7, 11) is 0. The predicted octanol–water partition coefficient (Wildman–Crippen LogP) is 5.01. The van der Waals surface area contributed by atoms with Crippen LogP contribution in [0.25, 0.3) is 0 Å². The van der Waals surface area contributed by atoms with E-state index in [0.29, 0.717) is 11.6 Å². The SMILES string of the molecule is CCc1cc(F)ccc1Oc1cc(C(F)(F)F)c(Cl)cc1C(=O)Nc1cnn(C=O)ooc(=O)c1. The second-order valence-electron chi connectivity index (χ2n) is 6.72. The van der Waals surface area contributed by atoms with Crippen LogP contribution in [0.1, 0.15) is 28.4 Å². The first-order chi connectivity index (χ1) is 16.5.